The molecule has 0 saturated heterocycles. The zero-order valence-corrected chi connectivity index (χ0v) is 17.7. The Balaban J connectivity index is 1.51. The SMILES string of the molecule is COc1ccc([C@H]2CCCC[C@H]2N2C=CC(C(=O)c3ccccc3)=CC2)cc1OC. The summed E-state index contributed by atoms with van der Waals surface area (Å²) in [7, 11) is 3.35. The predicted octanol–water partition coefficient (Wildman–Crippen LogP) is 5.37. The number of carbonyl (C=O) groups excluding carboxylic acids is 1. The summed E-state index contributed by atoms with van der Waals surface area (Å²) in [4.78, 5) is 15.1. The molecule has 0 unspecified atom stereocenters. The molecule has 1 heterocycles. The molecule has 1 aliphatic heterocycles. The Bertz CT molecular complexity index is 948. The summed E-state index contributed by atoms with van der Waals surface area (Å²) < 4.78 is 10.9. The number of benzene rings is 2. The summed E-state index contributed by atoms with van der Waals surface area (Å²) in [6.07, 6.45) is 10.9. The van der Waals surface area contributed by atoms with Gasteiger partial charge in [0.1, 0.15) is 0 Å². The van der Waals surface area contributed by atoms with Gasteiger partial charge in [-0.05, 0) is 36.6 Å². The largest absolute Gasteiger partial charge is 0.493 e. The standard InChI is InChI=1S/C26H29NO3/c1-29-24-13-12-21(18-25(24)30-2)22-10-6-7-11-23(22)27-16-14-20(15-17-27)26(28)19-8-4-3-5-9-19/h3-5,8-9,12-16,18,22-23H,6-7,10-11,17H2,1-2H3/t22-,23-/m1/s1. The zero-order valence-electron chi connectivity index (χ0n) is 17.7. The molecule has 0 N–H and O–H groups in total. The van der Waals surface area contributed by atoms with E-state index >= 15 is 0 Å². The summed E-state index contributed by atoms with van der Waals surface area (Å²) >= 11 is 0. The zero-order chi connectivity index (χ0) is 20.9. The highest BCUT2D eigenvalue weighted by atomic mass is 16.5. The molecule has 2 aromatic rings. The Morgan fingerprint density at radius 2 is 1.73 bits per heavy atom. The van der Waals surface area contributed by atoms with E-state index in [2.05, 4.69) is 29.3 Å². The third-order valence-corrected chi connectivity index (χ3v) is 6.26. The Kier molecular flexibility index (Phi) is 6.22. The van der Waals surface area contributed by atoms with E-state index in [-0.39, 0.29) is 5.78 Å². The number of allylic oxidation sites excluding steroid dienone is 2. The maximum atomic E-state index is 12.7. The molecule has 0 aromatic heterocycles. The van der Waals surface area contributed by atoms with Gasteiger partial charge in [-0.3, -0.25) is 4.79 Å². The fraction of sp³-hybridized carbons (Fsp3) is 0.346. The Labute approximate surface area is 178 Å². The minimum Gasteiger partial charge on any atom is -0.493 e. The highest BCUT2D eigenvalue weighted by Crippen LogP contribution is 2.40. The molecule has 0 radical (unpaired) electrons. The Hall–Kier alpha value is -3.01. The number of ketones is 1. The van der Waals surface area contributed by atoms with E-state index < -0.39 is 0 Å². The van der Waals surface area contributed by atoms with Crippen molar-refractivity contribution in [3.05, 3.63) is 83.6 Å². The number of hydrogen-bond acceptors (Lipinski definition) is 4. The van der Waals surface area contributed by atoms with Gasteiger partial charge in [-0.25, -0.2) is 0 Å². The van der Waals surface area contributed by atoms with Crippen LogP contribution in [0.3, 0.4) is 0 Å². The van der Waals surface area contributed by atoms with Crippen molar-refractivity contribution in [1.29, 1.82) is 0 Å². The average Bonchev–Trinajstić information content (AvgIpc) is 2.83. The first-order chi connectivity index (χ1) is 14.7. The van der Waals surface area contributed by atoms with E-state index in [0.717, 1.165) is 42.0 Å². The summed E-state index contributed by atoms with van der Waals surface area (Å²) in [5, 5.41) is 0. The normalized spacial score (nSPS) is 21.1. The van der Waals surface area contributed by atoms with Crippen LogP contribution >= 0.6 is 0 Å². The monoisotopic (exact) mass is 403 g/mol. The first-order valence-electron chi connectivity index (χ1n) is 10.7. The molecule has 2 aromatic carbocycles. The molecule has 2 atom stereocenters. The van der Waals surface area contributed by atoms with Gasteiger partial charge >= 0.3 is 0 Å². The topological polar surface area (TPSA) is 38.8 Å². The Morgan fingerprint density at radius 1 is 0.967 bits per heavy atom. The third-order valence-electron chi connectivity index (χ3n) is 6.26. The van der Waals surface area contributed by atoms with E-state index in [1.165, 1.54) is 18.4 Å². The molecular weight excluding hydrogens is 374 g/mol. The Morgan fingerprint density at radius 3 is 2.43 bits per heavy atom. The van der Waals surface area contributed by atoms with Crippen molar-refractivity contribution in [2.45, 2.75) is 37.6 Å². The molecule has 0 amide bonds. The summed E-state index contributed by atoms with van der Waals surface area (Å²) in [6, 6.07) is 16.2. The van der Waals surface area contributed by atoms with Gasteiger partial charge in [-0.2, -0.15) is 0 Å². The van der Waals surface area contributed by atoms with Crippen LogP contribution in [-0.4, -0.2) is 37.5 Å². The van der Waals surface area contributed by atoms with Gasteiger partial charge in [0, 0.05) is 35.8 Å². The number of carbonyl (C=O) groups is 1. The van der Waals surface area contributed by atoms with Crippen LogP contribution in [0.5, 0.6) is 11.5 Å². The second-order valence-corrected chi connectivity index (χ2v) is 7.94. The number of rotatable bonds is 6. The van der Waals surface area contributed by atoms with Crippen molar-refractivity contribution in [2.24, 2.45) is 0 Å². The summed E-state index contributed by atoms with van der Waals surface area (Å²) in [5.41, 5.74) is 2.81. The maximum absolute atomic E-state index is 12.7. The van der Waals surface area contributed by atoms with Crippen molar-refractivity contribution in [3.8, 4) is 11.5 Å². The molecule has 30 heavy (non-hydrogen) atoms. The van der Waals surface area contributed by atoms with E-state index in [1.54, 1.807) is 14.2 Å². The van der Waals surface area contributed by atoms with Crippen molar-refractivity contribution in [3.63, 3.8) is 0 Å². The van der Waals surface area contributed by atoms with Crippen LogP contribution in [0.1, 0.15) is 47.5 Å². The lowest BCUT2D eigenvalue weighted by atomic mass is 9.79. The van der Waals surface area contributed by atoms with E-state index in [4.69, 9.17) is 9.47 Å². The van der Waals surface area contributed by atoms with E-state index in [0.29, 0.717) is 12.0 Å². The minimum atomic E-state index is 0.0894. The lowest BCUT2D eigenvalue weighted by molar-refractivity contribution is 0.103. The molecule has 4 heteroatoms. The first-order valence-corrected chi connectivity index (χ1v) is 10.7. The molecule has 0 bridgehead atoms. The van der Waals surface area contributed by atoms with Gasteiger partial charge in [0.05, 0.1) is 14.2 Å². The second kappa shape index (κ2) is 9.21. The third kappa shape index (κ3) is 4.13. The maximum Gasteiger partial charge on any atom is 0.192 e. The molecular formula is C26H29NO3. The number of ether oxygens (including phenoxy) is 2. The molecule has 156 valence electrons. The smallest absolute Gasteiger partial charge is 0.192 e. The summed E-state index contributed by atoms with van der Waals surface area (Å²) in [6.45, 7) is 0.763. The van der Waals surface area contributed by atoms with Crippen LogP contribution in [0, 0.1) is 0 Å². The van der Waals surface area contributed by atoms with Crippen LogP contribution in [0.4, 0.5) is 0 Å². The van der Waals surface area contributed by atoms with E-state index in [9.17, 15) is 4.79 Å². The van der Waals surface area contributed by atoms with Gasteiger partial charge in [0.15, 0.2) is 17.3 Å². The minimum absolute atomic E-state index is 0.0894. The van der Waals surface area contributed by atoms with Crippen LogP contribution in [0.2, 0.25) is 0 Å². The van der Waals surface area contributed by atoms with Gasteiger partial charge in [0.2, 0.25) is 0 Å². The molecule has 4 rings (SSSR count). The lowest BCUT2D eigenvalue weighted by Crippen LogP contribution is -2.39. The van der Waals surface area contributed by atoms with Gasteiger partial charge < -0.3 is 14.4 Å². The van der Waals surface area contributed by atoms with Crippen LogP contribution < -0.4 is 9.47 Å². The highest BCUT2D eigenvalue weighted by molar-refractivity contribution is 6.10. The van der Waals surface area contributed by atoms with Crippen LogP contribution in [0.15, 0.2) is 72.5 Å². The average molecular weight is 404 g/mol. The molecule has 2 aliphatic rings. The molecule has 1 saturated carbocycles. The number of hydrogen-bond donors (Lipinski definition) is 0. The van der Waals surface area contributed by atoms with Crippen molar-refractivity contribution in [2.75, 3.05) is 20.8 Å². The second-order valence-electron chi connectivity index (χ2n) is 7.94. The molecule has 1 fully saturated rings. The van der Waals surface area contributed by atoms with Gasteiger partial charge in [-0.15, -0.1) is 0 Å². The van der Waals surface area contributed by atoms with Crippen molar-refractivity contribution in [1.82, 2.24) is 4.90 Å². The highest BCUT2D eigenvalue weighted by Gasteiger charge is 2.31. The number of Topliss-reactive ketones (excluding diaryl/α,β-unsaturated/α-hetero) is 1. The fourth-order valence-corrected chi connectivity index (χ4v) is 4.66. The lowest BCUT2D eigenvalue weighted by Gasteiger charge is -2.40. The van der Waals surface area contributed by atoms with Crippen molar-refractivity contribution < 1.29 is 14.3 Å². The molecule has 4 nitrogen and oxygen atoms in total. The predicted molar refractivity (Wildman–Crippen MR) is 119 cm³/mol. The summed E-state index contributed by atoms with van der Waals surface area (Å²) in [5.74, 6) is 2.07. The number of nitrogens with zero attached hydrogens (tertiary/aromatic N) is 1. The van der Waals surface area contributed by atoms with Crippen LogP contribution in [0.25, 0.3) is 0 Å². The van der Waals surface area contributed by atoms with Gasteiger partial charge in [-0.1, -0.05) is 55.3 Å². The molecule has 1 aliphatic carbocycles. The van der Waals surface area contributed by atoms with Crippen molar-refractivity contribution >= 4 is 5.78 Å². The van der Waals surface area contributed by atoms with Gasteiger partial charge in [0.25, 0.3) is 0 Å². The van der Waals surface area contributed by atoms with E-state index in [1.807, 2.05) is 42.5 Å². The quantitative estimate of drug-likeness (QED) is 0.608. The van der Waals surface area contributed by atoms with Crippen LogP contribution in [-0.2, 0) is 0 Å². The fourth-order valence-electron chi connectivity index (χ4n) is 4.66. The number of methoxy groups -OCH3 is 2. The first kappa shape index (κ1) is 20.3. The molecule has 0 spiro atoms.